The van der Waals surface area contributed by atoms with Gasteiger partial charge in [-0.3, -0.25) is 9.59 Å². The van der Waals surface area contributed by atoms with Crippen molar-refractivity contribution in [3.63, 3.8) is 0 Å². The number of ether oxygens (including phenoxy) is 1. The monoisotopic (exact) mass is 339 g/mol. The Bertz CT molecular complexity index is 445. The third-order valence-corrected chi connectivity index (χ3v) is 4.56. The van der Waals surface area contributed by atoms with Crippen molar-refractivity contribution in [2.75, 3.05) is 20.2 Å². The Morgan fingerprint density at radius 3 is 2.35 bits per heavy atom. The van der Waals surface area contributed by atoms with Gasteiger partial charge in [0, 0.05) is 7.05 Å². The molecule has 1 aromatic rings. The molecule has 0 saturated heterocycles. The molecule has 0 aromatic carbocycles. The lowest BCUT2D eigenvalue weighted by molar-refractivity contribution is -0.144. The van der Waals surface area contributed by atoms with E-state index in [-0.39, 0.29) is 18.4 Å². The molecular formula is C18H29NO3S. The second kappa shape index (κ2) is 12.1. The molecule has 0 aliphatic heterocycles. The van der Waals surface area contributed by atoms with Crippen LogP contribution in [0.25, 0.3) is 0 Å². The topological polar surface area (TPSA) is 46.6 Å². The number of likely N-dealkylation sites (N-methyl/N-ethyl adjacent to an activating group) is 1. The lowest BCUT2D eigenvalue weighted by Gasteiger charge is -2.15. The summed E-state index contributed by atoms with van der Waals surface area (Å²) >= 11 is 1.38. The van der Waals surface area contributed by atoms with Gasteiger partial charge in [0.1, 0.15) is 6.54 Å². The van der Waals surface area contributed by atoms with Crippen LogP contribution < -0.4 is 0 Å². The van der Waals surface area contributed by atoms with Crippen molar-refractivity contribution in [3.05, 3.63) is 22.4 Å². The smallest absolute Gasteiger partial charge is 0.325 e. The molecule has 5 heteroatoms. The maximum absolute atomic E-state index is 12.0. The number of amides is 1. The number of unbranched alkanes of at least 4 members (excludes halogenated alkanes) is 7. The highest BCUT2D eigenvalue weighted by molar-refractivity contribution is 7.12. The van der Waals surface area contributed by atoms with Crippen LogP contribution in [0.2, 0.25) is 0 Å². The summed E-state index contributed by atoms with van der Waals surface area (Å²) in [6.45, 7) is 2.68. The molecule has 0 saturated carbocycles. The normalized spacial score (nSPS) is 10.5. The fourth-order valence-electron chi connectivity index (χ4n) is 2.32. The summed E-state index contributed by atoms with van der Waals surface area (Å²) in [7, 11) is 1.62. The van der Waals surface area contributed by atoms with Crippen LogP contribution in [0.5, 0.6) is 0 Å². The van der Waals surface area contributed by atoms with Crippen molar-refractivity contribution in [2.45, 2.75) is 58.3 Å². The standard InChI is InChI=1S/C18H29NO3S/c1-3-4-5-6-7-8-9-10-13-22-17(20)15-19(2)18(21)16-12-11-14-23-16/h11-12,14H,3-10,13,15H2,1-2H3. The van der Waals surface area contributed by atoms with Gasteiger partial charge in [-0.2, -0.15) is 0 Å². The molecule has 1 amide bonds. The molecule has 0 aliphatic rings. The Kier molecular flexibility index (Phi) is 10.4. The molecule has 0 atom stereocenters. The lowest BCUT2D eigenvalue weighted by atomic mass is 10.1. The fraction of sp³-hybridized carbons (Fsp3) is 0.667. The van der Waals surface area contributed by atoms with Crippen molar-refractivity contribution < 1.29 is 14.3 Å². The van der Waals surface area contributed by atoms with E-state index in [2.05, 4.69) is 6.92 Å². The maximum Gasteiger partial charge on any atom is 0.325 e. The highest BCUT2D eigenvalue weighted by Crippen LogP contribution is 2.11. The molecule has 4 nitrogen and oxygen atoms in total. The Hall–Kier alpha value is -1.36. The first-order chi connectivity index (χ1) is 11.1. The van der Waals surface area contributed by atoms with Gasteiger partial charge < -0.3 is 9.64 Å². The van der Waals surface area contributed by atoms with Gasteiger partial charge in [0.25, 0.3) is 5.91 Å². The van der Waals surface area contributed by atoms with Crippen LogP contribution >= 0.6 is 11.3 Å². The minimum absolute atomic E-state index is 0.00769. The highest BCUT2D eigenvalue weighted by atomic mass is 32.1. The summed E-state index contributed by atoms with van der Waals surface area (Å²) in [6.07, 6.45) is 9.73. The van der Waals surface area contributed by atoms with Crippen molar-refractivity contribution in [1.82, 2.24) is 4.90 Å². The van der Waals surface area contributed by atoms with Gasteiger partial charge in [-0.25, -0.2) is 0 Å². The van der Waals surface area contributed by atoms with E-state index < -0.39 is 0 Å². The Morgan fingerprint density at radius 1 is 1.09 bits per heavy atom. The molecule has 0 fully saturated rings. The number of carbonyl (C=O) groups excluding carboxylic acids is 2. The molecular weight excluding hydrogens is 310 g/mol. The third-order valence-electron chi connectivity index (χ3n) is 3.71. The summed E-state index contributed by atoms with van der Waals surface area (Å²) in [6, 6.07) is 3.58. The molecule has 0 radical (unpaired) electrons. The summed E-state index contributed by atoms with van der Waals surface area (Å²) < 4.78 is 5.20. The summed E-state index contributed by atoms with van der Waals surface area (Å²) in [5.41, 5.74) is 0. The first kappa shape index (κ1) is 19.7. The van der Waals surface area contributed by atoms with Crippen LogP contribution in [-0.4, -0.2) is 37.0 Å². The third kappa shape index (κ3) is 8.74. The first-order valence-corrected chi connectivity index (χ1v) is 9.47. The summed E-state index contributed by atoms with van der Waals surface area (Å²) in [4.78, 5) is 25.8. The van der Waals surface area contributed by atoms with Gasteiger partial charge in [0.15, 0.2) is 0 Å². The number of rotatable bonds is 12. The minimum atomic E-state index is -0.333. The van der Waals surface area contributed by atoms with Crippen molar-refractivity contribution in [2.24, 2.45) is 0 Å². The van der Waals surface area contributed by atoms with Gasteiger partial charge in [-0.15, -0.1) is 11.3 Å². The maximum atomic E-state index is 12.0. The van der Waals surface area contributed by atoms with Crippen LogP contribution in [0.1, 0.15) is 68.0 Å². The van der Waals surface area contributed by atoms with Crippen LogP contribution in [0.3, 0.4) is 0 Å². The number of hydrogen-bond donors (Lipinski definition) is 0. The van der Waals surface area contributed by atoms with Crippen LogP contribution in [0, 0.1) is 0 Å². The Balaban J connectivity index is 2.03. The molecule has 0 spiro atoms. The van der Waals surface area contributed by atoms with E-state index in [0.29, 0.717) is 11.5 Å². The van der Waals surface area contributed by atoms with Gasteiger partial charge >= 0.3 is 5.97 Å². The van der Waals surface area contributed by atoms with Crippen molar-refractivity contribution in [1.29, 1.82) is 0 Å². The minimum Gasteiger partial charge on any atom is -0.464 e. The molecule has 0 aliphatic carbocycles. The van der Waals surface area contributed by atoms with Crippen molar-refractivity contribution in [3.8, 4) is 0 Å². The van der Waals surface area contributed by atoms with Crippen LogP contribution in [-0.2, 0) is 9.53 Å². The number of nitrogens with zero attached hydrogens (tertiary/aromatic N) is 1. The van der Waals surface area contributed by atoms with Crippen molar-refractivity contribution >= 4 is 23.2 Å². The number of hydrogen-bond acceptors (Lipinski definition) is 4. The molecule has 0 unspecified atom stereocenters. The van der Waals surface area contributed by atoms with E-state index in [1.807, 2.05) is 11.4 Å². The number of esters is 1. The molecule has 1 heterocycles. The number of thiophene rings is 1. The molecule has 0 N–H and O–H groups in total. The average Bonchev–Trinajstić information content (AvgIpc) is 3.06. The largest absolute Gasteiger partial charge is 0.464 e. The van der Waals surface area contributed by atoms with E-state index >= 15 is 0 Å². The quantitative estimate of drug-likeness (QED) is 0.416. The first-order valence-electron chi connectivity index (χ1n) is 8.59. The van der Waals surface area contributed by atoms with E-state index in [1.165, 1.54) is 54.8 Å². The molecule has 130 valence electrons. The zero-order chi connectivity index (χ0) is 16.9. The SMILES string of the molecule is CCCCCCCCCCOC(=O)CN(C)C(=O)c1cccs1. The fourth-order valence-corrected chi connectivity index (χ4v) is 3.04. The van der Waals surface area contributed by atoms with Crippen LogP contribution in [0.15, 0.2) is 17.5 Å². The zero-order valence-electron chi connectivity index (χ0n) is 14.4. The van der Waals surface area contributed by atoms with E-state index in [0.717, 1.165) is 12.8 Å². The van der Waals surface area contributed by atoms with E-state index in [1.54, 1.807) is 13.1 Å². The predicted molar refractivity (Wildman–Crippen MR) is 94.8 cm³/mol. The van der Waals surface area contributed by atoms with E-state index in [9.17, 15) is 9.59 Å². The Morgan fingerprint density at radius 2 is 1.74 bits per heavy atom. The number of carbonyl (C=O) groups is 2. The van der Waals surface area contributed by atoms with E-state index in [4.69, 9.17) is 4.74 Å². The van der Waals surface area contributed by atoms with Gasteiger partial charge in [0.2, 0.25) is 0 Å². The molecule has 0 bridgehead atoms. The molecule has 1 rings (SSSR count). The van der Waals surface area contributed by atoms with Gasteiger partial charge in [-0.05, 0) is 17.9 Å². The summed E-state index contributed by atoms with van der Waals surface area (Å²) in [5.74, 6) is -0.468. The highest BCUT2D eigenvalue weighted by Gasteiger charge is 2.16. The molecule has 1 aromatic heterocycles. The molecule has 23 heavy (non-hydrogen) atoms. The van der Waals surface area contributed by atoms with Crippen LogP contribution in [0.4, 0.5) is 0 Å². The lowest BCUT2D eigenvalue weighted by Crippen LogP contribution is -2.32. The van der Waals surface area contributed by atoms with Gasteiger partial charge in [-0.1, -0.05) is 57.9 Å². The summed E-state index contributed by atoms with van der Waals surface area (Å²) in [5, 5.41) is 1.85. The second-order valence-corrected chi connectivity index (χ2v) is 6.78. The Labute approximate surface area is 143 Å². The second-order valence-electron chi connectivity index (χ2n) is 5.83. The average molecular weight is 340 g/mol. The van der Waals surface area contributed by atoms with Gasteiger partial charge in [0.05, 0.1) is 11.5 Å². The predicted octanol–water partition coefficient (Wildman–Crippen LogP) is 4.50. The zero-order valence-corrected chi connectivity index (χ0v) is 15.2.